The highest BCUT2D eigenvalue weighted by Crippen LogP contribution is 2.22. The fraction of sp³-hybridized carbons (Fsp3) is 0.222. The predicted octanol–water partition coefficient (Wildman–Crippen LogP) is 3.56. The minimum absolute atomic E-state index is 0.287. The van der Waals surface area contributed by atoms with E-state index in [1.54, 1.807) is 25.1 Å². The number of carbonyl (C=O) groups is 1. The molecule has 0 radical (unpaired) electrons. The van der Waals surface area contributed by atoms with Gasteiger partial charge in [0.2, 0.25) is 5.91 Å². The maximum atomic E-state index is 11.2. The van der Waals surface area contributed by atoms with Gasteiger partial charge in [-0.15, -0.1) is 11.6 Å². The molecule has 1 rings (SSSR count). The molecule has 0 heterocycles. The molecule has 2 nitrogen and oxygen atoms in total. The van der Waals surface area contributed by atoms with Crippen LogP contribution in [-0.4, -0.2) is 11.3 Å². The average Bonchev–Trinajstić information content (AvgIpc) is 2.01. The molecule has 1 aromatic rings. The van der Waals surface area contributed by atoms with Gasteiger partial charge in [-0.2, -0.15) is 0 Å². The Morgan fingerprint density at radius 2 is 1.79 bits per heavy atom. The third-order valence-electron chi connectivity index (χ3n) is 1.49. The molecule has 1 atom stereocenters. The molecule has 0 saturated carbocycles. The standard InChI is InChI=1S/C9H8Cl3NO/c1-5(10)9(14)13-8-3-6(11)2-7(12)4-8/h2-5H,1H3,(H,13,14)/t5-/m0/s1. The molecular weight excluding hydrogens is 244 g/mol. The zero-order valence-electron chi connectivity index (χ0n) is 7.35. The molecule has 0 fully saturated rings. The molecule has 1 N–H and O–H groups in total. The van der Waals surface area contributed by atoms with E-state index in [-0.39, 0.29) is 5.91 Å². The molecule has 5 heteroatoms. The lowest BCUT2D eigenvalue weighted by Gasteiger charge is -2.07. The summed E-state index contributed by atoms with van der Waals surface area (Å²) in [6.45, 7) is 1.59. The highest BCUT2D eigenvalue weighted by atomic mass is 35.5. The number of benzene rings is 1. The Balaban J connectivity index is 2.82. The molecule has 0 spiro atoms. The minimum atomic E-state index is -0.590. The average molecular weight is 253 g/mol. The number of amides is 1. The van der Waals surface area contributed by atoms with Crippen LogP contribution in [0.4, 0.5) is 5.69 Å². The summed E-state index contributed by atoms with van der Waals surface area (Å²) < 4.78 is 0. The summed E-state index contributed by atoms with van der Waals surface area (Å²) in [6, 6.07) is 4.79. The maximum absolute atomic E-state index is 11.2. The Labute approximate surface area is 97.1 Å². The van der Waals surface area contributed by atoms with E-state index < -0.39 is 5.38 Å². The molecule has 0 aliphatic heterocycles. The number of halogens is 3. The molecular formula is C9H8Cl3NO. The van der Waals surface area contributed by atoms with Gasteiger partial charge in [0.1, 0.15) is 5.38 Å². The second kappa shape index (κ2) is 4.87. The van der Waals surface area contributed by atoms with Gasteiger partial charge in [0.25, 0.3) is 0 Å². The summed E-state index contributed by atoms with van der Waals surface area (Å²) in [5.41, 5.74) is 0.542. The van der Waals surface area contributed by atoms with Crippen molar-refractivity contribution in [2.24, 2.45) is 0 Å². The fourth-order valence-corrected chi connectivity index (χ4v) is 1.45. The van der Waals surface area contributed by atoms with Crippen LogP contribution in [0.5, 0.6) is 0 Å². The van der Waals surface area contributed by atoms with E-state index in [0.29, 0.717) is 15.7 Å². The van der Waals surface area contributed by atoms with Gasteiger partial charge >= 0.3 is 0 Å². The van der Waals surface area contributed by atoms with Crippen LogP contribution in [0.3, 0.4) is 0 Å². The van der Waals surface area contributed by atoms with Crippen LogP contribution in [0.2, 0.25) is 10.0 Å². The highest BCUT2D eigenvalue weighted by Gasteiger charge is 2.09. The van der Waals surface area contributed by atoms with E-state index in [4.69, 9.17) is 34.8 Å². The first-order chi connectivity index (χ1) is 6.49. The normalized spacial score (nSPS) is 12.3. The minimum Gasteiger partial charge on any atom is -0.325 e. The summed E-state index contributed by atoms with van der Waals surface area (Å²) in [7, 11) is 0. The number of rotatable bonds is 2. The van der Waals surface area contributed by atoms with Crippen molar-refractivity contribution in [3.8, 4) is 0 Å². The first-order valence-electron chi connectivity index (χ1n) is 3.90. The number of carbonyl (C=O) groups excluding carboxylic acids is 1. The van der Waals surface area contributed by atoms with Crippen molar-refractivity contribution in [1.29, 1.82) is 0 Å². The summed E-state index contributed by atoms with van der Waals surface area (Å²) in [5.74, 6) is -0.287. The summed E-state index contributed by atoms with van der Waals surface area (Å²) in [6.07, 6.45) is 0. The number of hydrogen-bond acceptors (Lipinski definition) is 1. The quantitative estimate of drug-likeness (QED) is 0.801. The van der Waals surface area contributed by atoms with Crippen LogP contribution in [0.15, 0.2) is 18.2 Å². The van der Waals surface area contributed by atoms with Crippen molar-refractivity contribution in [2.45, 2.75) is 12.3 Å². The van der Waals surface area contributed by atoms with Crippen LogP contribution in [-0.2, 0) is 4.79 Å². The Bertz CT molecular complexity index is 332. The van der Waals surface area contributed by atoms with Gasteiger partial charge in [0.05, 0.1) is 0 Å². The zero-order valence-corrected chi connectivity index (χ0v) is 9.62. The van der Waals surface area contributed by atoms with Gasteiger partial charge in [-0.05, 0) is 25.1 Å². The molecule has 0 bridgehead atoms. The molecule has 1 aromatic carbocycles. The van der Waals surface area contributed by atoms with Gasteiger partial charge < -0.3 is 5.32 Å². The van der Waals surface area contributed by atoms with E-state index in [1.807, 2.05) is 0 Å². The maximum Gasteiger partial charge on any atom is 0.242 e. The van der Waals surface area contributed by atoms with E-state index in [9.17, 15) is 4.79 Å². The predicted molar refractivity (Wildman–Crippen MR) is 60.4 cm³/mol. The summed E-state index contributed by atoms with van der Waals surface area (Å²) >= 11 is 17.1. The number of nitrogens with one attached hydrogen (secondary N) is 1. The van der Waals surface area contributed by atoms with Crippen molar-refractivity contribution in [2.75, 3.05) is 5.32 Å². The van der Waals surface area contributed by atoms with Gasteiger partial charge in [0.15, 0.2) is 0 Å². The van der Waals surface area contributed by atoms with Crippen molar-refractivity contribution >= 4 is 46.4 Å². The molecule has 0 aliphatic carbocycles. The van der Waals surface area contributed by atoms with E-state index in [0.717, 1.165) is 0 Å². The first-order valence-corrected chi connectivity index (χ1v) is 5.09. The number of anilines is 1. The fourth-order valence-electron chi connectivity index (χ4n) is 0.868. The largest absolute Gasteiger partial charge is 0.325 e. The third kappa shape index (κ3) is 3.37. The smallest absolute Gasteiger partial charge is 0.242 e. The molecule has 0 aliphatic rings. The molecule has 14 heavy (non-hydrogen) atoms. The van der Waals surface area contributed by atoms with Crippen molar-refractivity contribution in [3.05, 3.63) is 28.2 Å². The zero-order chi connectivity index (χ0) is 10.7. The van der Waals surface area contributed by atoms with Gasteiger partial charge in [0, 0.05) is 15.7 Å². The monoisotopic (exact) mass is 251 g/mol. The second-order valence-electron chi connectivity index (χ2n) is 2.76. The van der Waals surface area contributed by atoms with E-state index >= 15 is 0 Å². The molecule has 1 amide bonds. The van der Waals surface area contributed by atoms with E-state index in [2.05, 4.69) is 5.32 Å². The topological polar surface area (TPSA) is 29.1 Å². The highest BCUT2D eigenvalue weighted by molar-refractivity contribution is 6.35. The third-order valence-corrected chi connectivity index (χ3v) is 2.13. The van der Waals surface area contributed by atoms with Crippen LogP contribution in [0, 0.1) is 0 Å². The summed E-state index contributed by atoms with van der Waals surface area (Å²) in [5, 5.41) is 2.93. The lowest BCUT2D eigenvalue weighted by molar-refractivity contribution is -0.115. The number of hydrogen-bond donors (Lipinski definition) is 1. The van der Waals surface area contributed by atoms with Crippen molar-refractivity contribution < 1.29 is 4.79 Å². The Morgan fingerprint density at radius 1 is 1.29 bits per heavy atom. The Hall–Kier alpha value is -0.440. The second-order valence-corrected chi connectivity index (χ2v) is 4.29. The first kappa shape index (κ1) is 11.6. The summed E-state index contributed by atoms with van der Waals surface area (Å²) in [4.78, 5) is 11.2. The van der Waals surface area contributed by atoms with Crippen LogP contribution >= 0.6 is 34.8 Å². The molecule has 0 aromatic heterocycles. The molecule has 0 unspecified atom stereocenters. The molecule has 76 valence electrons. The SMILES string of the molecule is C[C@H](Cl)C(=O)Nc1cc(Cl)cc(Cl)c1. The van der Waals surface area contributed by atoms with Crippen LogP contribution in [0.1, 0.15) is 6.92 Å². The number of alkyl halides is 1. The molecule has 0 saturated heterocycles. The van der Waals surface area contributed by atoms with Gasteiger partial charge in [-0.25, -0.2) is 0 Å². The van der Waals surface area contributed by atoms with Crippen molar-refractivity contribution in [1.82, 2.24) is 0 Å². The van der Waals surface area contributed by atoms with E-state index in [1.165, 1.54) is 0 Å². The Kier molecular flexibility index (Phi) is 4.05. The lowest BCUT2D eigenvalue weighted by atomic mass is 10.3. The van der Waals surface area contributed by atoms with Crippen LogP contribution < -0.4 is 5.32 Å². The van der Waals surface area contributed by atoms with Crippen LogP contribution in [0.25, 0.3) is 0 Å². The van der Waals surface area contributed by atoms with Gasteiger partial charge in [-0.3, -0.25) is 4.79 Å². The van der Waals surface area contributed by atoms with Gasteiger partial charge in [-0.1, -0.05) is 23.2 Å². The van der Waals surface area contributed by atoms with Crippen molar-refractivity contribution in [3.63, 3.8) is 0 Å². The Morgan fingerprint density at radius 3 is 2.21 bits per heavy atom. The lowest BCUT2D eigenvalue weighted by Crippen LogP contribution is -2.20.